The van der Waals surface area contributed by atoms with E-state index in [4.69, 9.17) is 5.73 Å². The average Bonchev–Trinajstić information content (AvgIpc) is 2.93. The van der Waals surface area contributed by atoms with Crippen molar-refractivity contribution < 1.29 is 0 Å². The summed E-state index contributed by atoms with van der Waals surface area (Å²) in [6, 6.07) is 0.259. The third-order valence-corrected chi connectivity index (χ3v) is 5.05. The quantitative estimate of drug-likeness (QED) is 0.665. The van der Waals surface area contributed by atoms with E-state index in [0.717, 1.165) is 25.8 Å². The molecule has 0 unspecified atom stereocenters. The molecule has 0 spiro atoms. The summed E-state index contributed by atoms with van der Waals surface area (Å²) in [5.74, 6) is 0.799. The molecule has 1 aliphatic rings. The van der Waals surface area contributed by atoms with Crippen LogP contribution in [0.4, 0.5) is 11.8 Å². The highest BCUT2D eigenvalue weighted by atomic mass is 16.1. The van der Waals surface area contributed by atoms with Gasteiger partial charge in [-0.25, -0.2) is 4.79 Å². The number of fused-ring (bicyclic) bond motifs is 1. The van der Waals surface area contributed by atoms with Crippen LogP contribution in [-0.2, 0) is 6.54 Å². The number of aryl methyl sites for hydroxylation is 1. The molecule has 0 amide bonds. The molecule has 1 atom stereocenters. The molecule has 3 rings (SSSR count). The molecule has 1 saturated heterocycles. The zero-order chi connectivity index (χ0) is 18.5. The lowest BCUT2D eigenvalue weighted by atomic mass is 10.1. The van der Waals surface area contributed by atoms with Crippen LogP contribution >= 0.6 is 0 Å². The van der Waals surface area contributed by atoms with Crippen LogP contribution in [0.25, 0.3) is 11.2 Å². The summed E-state index contributed by atoms with van der Waals surface area (Å²) < 4.78 is 1.69. The molecule has 0 radical (unpaired) electrons. The molecule has 26 heavy (non-hydrogen) atoms. The van der Waals surface area contributed by atoms with E-state index in [2.05, 4.69) is 39.0 Å². The van der Waals surface area contributed by atoms with Gasteiger partial charge in [0, 0.05) is 12.6 Å². The van der Waals surface area contributed by atoms with Gasteiger partial charge >= 0.3 is 5.69 Å². The summed E-state index contributed by atoms with van der Waals surface area (Å²) in [6.07, 6.45) is 6.92. The Bertz CT molecular complexity index is 776. The molecule has 1 fully saturated rings. The summed E-state index contributed by atoms with van der Waals surface area (Å²) in [5, 5.41) is 3.28. The van der Waals surface area contributed by atoms with Gasteiger partial charge in [-0.05, 0) is 52.2 Å². The molecule has 0 saturated carbocycles. The number of aromatic amines is 1. The summed E-state index contributed by atoms with van der Waals surface area (Å²) >= 11 is 0. The molecular weight excluding hydrogens is 330 g/mol. The van der Waals surface area contributed by atoms with Crippen molar-refractivity contribution in [2.24, 2.45) is 0 Å². The third kappa shape index (κ3) is 4.35. The van der Waals surface area contributed by atoms with Crippen molar-refractivity contribution in [3.63, 3.8) is 0 Å². The number of anilines is 2. The average molecular weight is 361 g/mol. The van der Waals surface area contributed by atoms with E-state index in [-0.39, 0.29) is 11.7 Å². The lowest BCUT2D eigenvalue weighted by molar-refractivity contribution is 0.223. The second-order valence-electron chi connectivity index (χ2n) is 7.30. The van der Waals surface area contributed by atoms with Crippen molar-refractivity contribution in [2.45, 2.75) is 65.0 Å². The summed E-state index contributed by atoms with van der Waals surface area (Å²) in [6.45, 7) is 8.22. The van der Waals surface area contributed by atoms with Gasteiger partial charge in [0.2, 0.25) is 5.95 Å². The van der Waals surface area contributed by atoms with E-state index in [9.17, 15) is 4.79 Å². The fourth-order valence-electron chi connectivity index (χ4n) is 3.68. The first-order valence-corrected chi connectivity index (χ1v) is 9.83. The topological polar surface area (TPSA) is 105 Å². The number of nitrogens with two attached hydrogens (primary N) is 1. The second-order valence-corrected chi connectivity index (χ2v) is 7.30. The second kappa shape index (κ2) is 8.53. The number of aromatic nitrogens is 4. The highest BCUT2D eigenvalue weighted by Crippen LogP contribution is 2.18. The first-order valence-electron chi connectivity index (χ1n) is 9.83. The van der Waals surface area contributed by atoms with Gasteiger partial charge in [0.25, 0.3) is 0 Å². The molecule has 0 aliphatic carbocycles. The number of likely N-dealkylation sites (tertiary alicyclic amines) is 1. The van der Waals surface area contributed by atoms with E-state index >= 15 is 0 Å². The summed E-state index contributed by atoms with van der Waals surface area (Å²) in [7, 11) is 0. The molecule has 2 aromatic heterocycles. The molecule has 0 aromatic carbocycles. The summed E-state index contributed by atoms with van der Waals surface area (Å²) in [4.78, 5) is 26.5. The number of nitrogens with one attached hydrogen (secondary N) is 2. The number of H-pyrrole nitrogens is 1. The molecule has 1 aliphatic heterocycles. The van der Waals surface area contributed by atoms with Gasteiger partial charge in [0.05, 0.1) is 0 Å². The minimum Gasteiger partial charge on any atom is -0.382 e. The smallest absolute Gasteiger partial charge is 0.327 e. The summed E-state index contributed by atoms with van der Waals surface area (Å²) in [5.41, 5.74) is 7.00. The van der Waals surface area contributed by atoms with Crippen molar-refractivity contribution in [1.82, 2.24) is 24.4 Å². The maximum absolute atomic E-state index is 12.4. The normalized spacial score (nSPS) is 16.8. The Morgan fingerprint density at radius 3 is 2.73 bits per heavy atom. The van der Waals surface area contributed by atoms with E-state index in [0.29, 0.717) is 29.5 Å². The van der Waals surface area contributed by atoms with Crippen LogP contribution in [0.5, 0.6) is 0 Å². The largest absolute Gasteiger partial charge is 0.382 e. The monoisotopic (exact) mass is 361 g/mol. The van der Waals surface area contributed by atoms with Gasteiger partial charge in [-0.2, -0.15) is 9.97 Å². The number of hydrogen-bond donors (Lipinski definition) is 3. The molecule has 3 heterocycles. The number of nitrogen functional groups attached to an aromatic ring is 1. The SMILES string of the molecule is CCC[C@H](C)Nc1nc(N)c2[nH]c(=O)n(CCCN3CCCCC3)c2n1. The lowest BCUT2D eigenvalue weighted by Crippen LogP contribution is -2.31. The predicted octanol–water partition coefficient (Wildman–Crippen LogP) is 2.18. The van der Waals surface area contributed by atoms with Gasteiger partial charge in [-0.1, -0.05) is 19.8 Å². The first-order chi connectivity index (χ1) is 12.6. The zero-order valence-electron chi connectivity index (χ0n) is 15.9. The third-order valence-electron chi connectivity index (χ3n) is 5.05. The van der Waals surface area contributed by atoms with E-state index in [1.165, 1.54) is 32.4 Å². The van der Waals surface area contributed by atoms with E-state index < -0.39 is 0 Å². The Morgan fingerprint density at radius 2 is 2.00 bits per heavy atom. The molecule has 8 heteroatoms. The van der Waals surface area contributed by atoms with Gasteiger partial charge < -0.3 is 20.9 Å². The first kappa shape index (κ1) is 18.7. The molecule has 0 bridgehead atoms. The van der Waals surface area contributed by atoms with Crippen LogP contribution in [0.2, 0.25) is 0 Å². The van der Waals surface area contributed by atoms with Gasteiger partial charge in [-0.3, -0.25) is 4.57 Å². The number of rotatable bonds is 8. The van der Waals surface area contributed by atoms with Crippen molar-refractivity contribution in [2.75, 3.05) is 30.7 Å². The predicted molar refractivity (Wildman–Crippen MR) is 105 cm³/mol. The minimum absolute atomic E-state index is 0.168. The minimum atomic E-state index is -0.168. The van der Waals surface area contributed by atoms with Crippen molar-refractivity contribution in [3.05, 3.63) is 10.5 Å². The Labute approximate surface area is 154 Å². The molecule has 144 valence electrons. The van der Waals surface area contributed by atoms with Crippen LogP contribution < -0.4 is 16.7 Å². The maximum Gasteiger partial charge on any atom is 0.327 e. The van der Waals surface area contributed by atoms with Crippen LogP contribution in [-0.4, -0.2) is 50.1 Å². The molecule has 4 N–H and O–H groups in total. The standard InChI is InChI=1S/C18H31N7O/c1-3-8-13(2)20-17-22-15(19)14-16(23-17)25(18(26)21-14)12-7-11-24-9-5-4-6-10-24/h13H,3-12H2,1-2H3,(H,21,26)(H3,19,20,22,23)/t13-/m0/s1. The number of piperidine rings is 1. The van der Waals surface area contributed by atoms with Crippen LogP contribution in [0.1, 0.15) is 52.4 Å². The number of imidazole rings is 1. The fourth-order valence-corrected chi connectivity index (χ4v) is 3.68. The Kier molecular flexibility index (Phi) is 6.13. The highest BCUT2D eigenvalue weighted by Gasteiger charge is 2.15. The maximum atomic E-state index is 12.4. The molecule has 8 nitrogen and oxygen atoms in total. The van der Waals surface area contributed by atoms with Crippen LogP contribution in [0, 0.1) is 0 Å². The zero-order valence-corrected chi connectivity index (χ0v) is 15.9. The molecular formula is C18H31N7O. The van der Waals surface area contributed by atoms with Gasteiger partial charge in [-0.15, -0.1) is 0 Å². The Balaban J connectivity index is 1.74. The molecule has 2 aromatic rings. The lowest BCUT2D eigenvalue weighted by Gasteiger charge is -2.26. The Hall–Kier alpha value is -2.09. The van der Waals surface area contributed by atoms with Gasteiger partial charge in [0.15, 0.2) is 11.5 Å². The number of nitrogens with zero attached hydrogens (tertiary/aromatic N) is 4. The van der Waals surface area contributed by atoms with Crippen molar-refractivity contribution in [1.29, 1.82) is 0 Å². The van der Waals surface area contributed by atoms with E-state index in [1.807, 2.05) is 0 Å². The highest BCUT2D eigenvalue weighted by molar-refractivity contribution is 5.82. The van der Waals surface area contributed by atoms with E-state index in [1.54, 1.807) is 4.57 Å². The van der Waals surface area contributed by atoms with Crippen LogP contribution in [0.3, 0.4) is 0 Å². The number of hydrogen-bond acceptors (Lipinski definition) is 6. The van der Waals surface area contributed by atoms with Gasteiger partial charge in [0.1, 0.15) is 5.52 Å². The van der Waals surface area contributed by atoms with Crippen molar-refractivity contribution in [3.8, 4) is 0 Å². The Morgan fingerprint density at radius 1 is 1.23 bits per heavy atom. The van der Waals surface area contributed by atoms with Crippen LogP contribution in [0.15, 0.2) is 4.79 Å². The fraction of sp³-hybridized carbons (Fsp3) is 0.722. The van der Waals surface area contributed by atoms with Crippen molar-refractivity contribution >= 4 is 22.9 Å².